The van der Waals surface area contributed by atoms with Crippen molar-refractivity contribution in [3.8, 4) is 0 Å². The van der Waals surface area contributed by atoms with E-state index in [2.05, 4.69) is 20.2 Å². The molecule has 1 unspecified atom stereocenters. The molecular formula is C12H20N4. The van der Waals surface area contributed by atoms with Crippen LogP contribution >= 0.6 is 0 Å². The van der Waals surface area contributed by atoms with Gasteiger partial charge in [-0.3, -0.25) is 14.9 Å². The van der Waals surface area contributed by atoms with E-state index in [0.717, 1.165) is 30.4 Å². The summed E-state index contributed by atoms with van der Waals surface area (Å²) >= 11 is 0. The molecule has 1 aliphatic rings. The summed E-state index contributed by atoms with van der Waals surface area (Å²) in [5.74, 6) is 0.795. The Balaban J connectivity index is 1.84. The van der Waals surface area contributed by atoms with E-state index < -0.39 is 0 Å². The van der Waals surface area contributed by atoms with Crippen LogP contribution in [0.1, 0.15) is 17.8 Å². The van der Waals surface area contributed by atoms with Crippen molar-refractivity contribution >= 4 is 0 Å². The van der Waals surface area contributed by atoms with Crippen LogP contribution in [0.2, 0.25) is 0 Å². The van der Waals surface area contributed by atoms with Crippen molar-refractivity contribution in [3.05, 3.63) is 23.8 Å². The number of hydrogen-bond acceptors (Lipinski definition) is 4. The van der Waals surface area contributed by atoms with Crippen molar-refractivity contribution < 1.29 is 0 Å². The molecule has 1 aromatic heterocycles. The number of rotatable bonds is 4. The van der Waals surface area contributed by atoms with Crippen LogP contribution in [0.25, 0.3) is 0 Å². The zero-order chi connectivity index (χ0) is 11.4. The molecule has 1 N–H and O–H groups in total. The minimum absolute atomic E-state index is 0.795. The van der Waals surface area contributed by atoms with E-state index in [1.165, 1.54) is 19.5 Å². The first-order chi connectivity index (χ1) is 7.78. The lowest BCUT2D eigenvalue weighted by Gasteiger charge is -2.15. The summed E-state index contributed by atoms with van der Waals surface area (Å²) in [5, 5.41) is 3.25. The summed E-state index contributed by atoms with van der Waals surface area (Å²) in [7, 11) is 2.02. The Labute approximate surface area is 97.1 Å². The van der Waals surface area contributed by atoms with Gasteiger partial charge >= 0.3 is 0 Å². The molecular weight excluding hydrogens is 200 g/mol. The summed E-state index contributed by atoms with van der Waals surface area (Å²) in [5.41, 5.74) is 2.06. The molecule has 0 aliphatic carbocycles. The van der Waals surface area contributed by atoms with E-state index in [-0.39, 0.29) is 0 Å². The Morgan fingerprint density at radius 1 is 1.44 bits per heavy atom. The summed E-state index contributed by atoms with van der Waals surface area (Å²) in [6.45, 7) is 6.39. The maximum Gasteiger partial charge on any atom is 0.0727 e. The molecule has 1 aliphatic heterocycles. The minimum Gasteiger partial charge on any atom is -0.319 e. The van der Waals surface area contributed by atoms with Crippen LogP contribution in [0.4, 0.5) is 0 Å². The molecule has 1 atom stereocenters. The second-order valence-electron chi connectivity index (χ2n) is 4.60. The zero-order valence-corrected chi connectivity index (χ0v) is 10.1. The Morgan fingerprint density at radius 3 is 3.00 bits per heavy atom. The molecule has 4 nitrogen and oxygen atoms in total. The van der Waals surface area contributed by atoms with E-state index >= 15 is 0 Å². The van der Waals surface area contributed by atoms with Crippen molar-refractivity contribution in [1.29, 1.82) is 0 Å². The fourth-order valence-corrected chi connectivity index (χ4v) is 2.24. The van der Waals surface area contributed by atoms with Crippen molar-refractivity contribution in [3.63, 3.8) is 0 Å². The van der Waals surface area contributed by atoms with E-state index in [4.69, 9.17) is 0 Å². The van der Waals surface area contributed by atoms with Crippen LogP contribution < -0.4 is 5.32 Å². The van der Waals surface area contributed by atoms with Crippen LogP contribution in [0.3, 0.4) is 0 Å². The van der Waals surface area contributed by atoms with Crippen molar-refractivity contribution in [2.45, 2.75) is 19.9 Å². The highest BCUT2D eigenvalue weighted by Gasteiger charge is 2.21. The first-order valence-electron chi connectivity index (χ1n) is 5.92. The smallest absolute Gasteiger partial charge is 0.0727 e. The third-order valence-electron chi connectivity index (χ3n) is 3.08. The fraction of sp³-hybridized carbons (Fsp3) is 0.667. The summed E-state index contributed by atoms with van der Waals surface area (Å²) in [6, 6.07) is 0. The number of aromatic nitrogens is 2. The molecule has 1 fully saturated rings. The van der Waals surface area contributed by atoms with Crippen LogP contribution in [0, 0.1) is 12.8 Å². The van der Waals surface area contributed by atoms with Crippen molar-refractivity contribution in [2.24, 2.45) is 5.92 Å². The van der Waals surface area contributed by atoms with Gasteiger partial charge in [-0.05, 0) is 39.4 Å². The van der Waals surface area contributed by atoms with E-state index in [0.29, 0.717) is 0 Å². The summed E-state index contributed by atoms with van der Waals surface area (Å²) in [4.78, 5) is 11.1. The molecule has 0 saturated carbocycles. The third-order valence-corrected chi connectivity index (χ3v) is 3.08. The van der Waals surface area contributed by atoms with Gasteiger partial charge in [0.25, 0.3) is 0 Å². The van der Waals surface area contributed by atoms with Gasteiger partial charge in [0.05, 0.1) is 11.4 Å². The number of aryl methyl sites for hydroxylation is 1. The first kappa shape index (κ1) is 11.5. The molecule has 1 aromatic rings. The predicted molar refractivity (Wildman–Crippen MR) is 64.1 cm³/mol. The molecule has 0 bridgehead atoms. The third kappa shape index (κ3) is 3.00. The highest BCUT2D eigenvalue weighted by atomic mass is 15.2. The molecule has 2 heterocycles. The van der Waals surface area contributed by atoms with E-state index in [1.807, 2.05) is 26.4 Å². The normalized spacial score (nSPS) is 21.5. The van der Waals surface area contributed by atoms with E-state index in [9.17, 15) is 0 Å². The van der Waals surface area contributed by atoms with Gasteiger partial charge in [0.15, 0.2) is 0 Å². The molecule has 16 heavy (non-hydrogen) atoms. The lowest BCUT2D eigenvalue weighted by Crippen LogP contribution is -2.24. The molecule has 2 rings (SSSR count). The largest absolute Gasteiger partial charge is 0.319 e. The maximum atomic E-state index is 4.39. The van der Waals surface area contributed by atoms with Crippen LogP contribution in [0.5, 0.6) is 0 Å². The molecule has 88 valence electrons. The van der Waals surface area contributed by atoms with Gasteiger partial charge in [-0.25, -0.2) is 0 Å². The zero-order valence-electron chi connectivity index (χ0n) is 10.1. The van der Waals surface area contributed by atoms with Gasteiger partial charge in [0.1, 0.15) is 0 Å². The SMILES string of the molecule is CNCC1CCN(Cc2cnc(C)cn2)C1. The van der Waals surface area contributed by atoms with Gasteiger partial charge in [-0.15, -0.1) is 0 Å². The van der Waals surface area contributed by atoms with Gasteiger partial charge in [-0.1, -0.05) is 0 Å². The molecule has 0 amide bonds. The highest BCUT2D eigenvalue weighted by molar-refractivity contribution is 5.01. The lowest BCUT2D eigenvalue weighted by atomic mass is 10.1. The minimum atomic E-state index is 0.795. The van der Waals surface area contributed by atoms with Crippen molar-refractivity contribution in [1.82, 2.24) is 20.2 Å². The molecule has 0 spiro atoms. The average Bonchev–Trinajstić information content (AvgIpc) is 2.70. The second-order valence-corrected chi connectivity index (χ2v) is 4.60. The van der Waals surface area contributed by atoms with Crippen LogP contribution in [-0.4, -0.2) is 41.5 Å². The number of nitrogens with one attached hydrogen (secondary N) is 1. The summed E-state index contributed by atoms with van der Waals surface area (Å²) in [6.07, 6.45) is 5.03. The summed E-state index contributed by atoms with van der Waals surface area (Å²) < 4.78 is 0. The number of likely N-dealkylation sites (tertiary alicyclic amines) is 1. The lowest BCUT2D eigenvalue weighted by molar-refractivity contribution is 0.311. The Morgan fingerprint density at radius 2 is 2.31 bits per heavy atom. The molecule has 1 saturated heterocycles. The molecule has 0 radical (unpaired) electrons. The Bertz CT molecular complexity index is 322. The maximum absolute atomic E-state index is 4.39. The fourth-order valence-electron chi connectivity index (χ4n) is 2.24. The Hall–Kier alpha value is -1.00. The first-order valence-corrected chi connectivity index (χ1v) is 5.92. The highest BCUT2D eigenvalue weighted by Crippen LogP contribution is 2.16. The average molecular weight is 220 g/mol. The number of hydrogen-bond donors (Lipinski definition) is 1. The second kappa shape index (κ2) is 5.37. The quantitative estimate of drug-likeness (QED) is 0.816. The predicted octanol–water partition coefficient (Wildman–Crippen LogP) is 0.826. The van der Waals surface area contributed by atoms with E-state index in [1.54, 1.807) is 0 Å². The topological polar surface area (TPSA) is 41.0 Å². The van der Waals surface area contributed by atoms with Gasteiger partial charge < -0.3 is 5.32 Å². The molecule has 4 heteroatoms. The van der Waals surface area contributed by atoms with Gasteiger partial charge in [0.2, 0.25) is 0 Å². The van der Waals surface area contributed by atoms with Gasteiger partial charge in [-0.2, -0.15) is 0 Å². The molecule has 0 aromatic carbocycles. The van der Waals surface area contributed by atoms with Crippen LogP contribution in [-0.2, 0) is 6.54 Å². The monoisotopic (exact) mass is 220 g/mol. The van der Waals surface area contributed by atoms with Crippen LogP contribution in [0.15, 0.2) is 12.4 Å². The Kier molecular flexibility index (Phi) is 3.85. The standard InChI is InChI=1S/C12H20N4/c1-10-5-15-12(7-14-10)9-16-4-3-11(8-16)6-13-2/h5,7,11,13H,3-4,6,8-9H2,1-2H3. The van der Waals surface area contributed by atoms with Gasteiger partial charge in [0, 0.05) is 25.5 Å². The number of nitrogens with zero attached hydrogens (tertiary/aromatic N) is 3. The van der Waals surface area contributed by atoms with Crippen molar-refractivity contribution in [2.75, 3.05) is 26.7 Å².